The molecule has 1 amide bonds. The number of aryl methyl sites for hydroxylation is 2. The molecule has 0 spiro atoms. The third-order valence-electron chi connectivity index (χ3n) is 3.77. The van der Waals surface area contributed by atoms with Crippen molar-refractivity contribution in [2.24, 2.45) is 0 Å². The van der Waals surface area contributed by atoms with Gasteiger partial charge in [0.05, 0.1) is 19.9 Å². The van der Waals surface area contributed by atoms with E-state index in [0.717, 1.165) is 22.6 Å². The van der Waals surface area contributed by atoms with E-state index in [9.17, 15) is 4.79 Å². The molecule has 0 aliphatic heterocycles. The predicted octanol–water partition coefficient (Wildman–Crippen LogP) is 10.5. The maximum absolute atomic E-state index is 10.0. The number of carbonyl (C=O) groups excluding carboxylic acids is 1. The summed E-state index contributed by atoms with van der Waals surface area (Å²) in [6.07, 6.45) is 5.54. The lowest BCUT2D eigenvalue weighted by Gasteiger charge is -2.05. The highest BCUT2D eigenvalue weighted by molar-refractivity contribution is 7.98. The van der Waals surface area contributed by atoms with E-state index in [1.54, 1.807) is 38.2 Å². The monoisotopic (exact) mass is 580 g/mol. The molecule has 3 aromatic rings. The number of pyridine rings is 1. The van der Waals surface area contributed by atoms with E-state index in [-0.39, 0.29) is 0 Å². The maximum atomic E-state index is 10.0. The van der Waals surface area contributed by atoms with Gasteiger partial charge in [0, 0.05) is 11.1 Å². The zero-order valence-electron chi connectivity index (χ0n) is 26.5. The lowest BCUT2D eigenvalue weighted by molar-refractivity contribution is -0.105. The number of rotatable bonds is 5. The number of anilines is 1. The average molecular weight is 581 g/mol. The number of thioether (sulfide) groups is 1. The van der Waals surface area contributed by atoms with Crippen LogP contribution in [0.2, 0.25) is 5.15 Å². The van der Waals surface area contributed by atoms with Crippen molar-refractivity contribution < 1.29 is 14.3 Å². The molecule has 0 fully saturated rings. The second-order valence-corrected chi connectivity index (χ2v) is 7.91. The fraction of sp³-hybridized carbons (Fsp3) is 0.438. The Bertz CT molecular complexity index is 927. The van der Waals surface area contributed by atoms with Crippen molar-refractivity contribution >= 4 is 35.5 Å². The summed E-state index contributed by atoms with van der Waals surface area (Å²) in [4.78, 5) is 15.2. The summed E-state index contributed by atoms with van der Waals surface area (Å²) < 4.78 is 10.1. The van der Waals surface area contributed by atoms with Gasteiger partial charge in [-0.1, -0.05) is 91.6 Å². The molecule has 5 nitrogen and oxygen atoms in total. The number of amides is 1. The standard InChI is InChI=1S/C9H12O2.C7H7ClN2O.C7H8S.C3H8.3C2H6/c1-7-6-8(10-2)4-5-9(7)11-3;1-5-2-6(10-4-11)7(8)9-3-5;1-8-7-5-3-2-4-6-7;1-3-2;3*1-2/h4-6H,1-3H3;2-4H,1H3,(H,10,11);2-6H,1H3;3H2,1-2H3;3*1-2H3. The first-order valence-electron chi connectivity index (χ1n) is 13.5. The minimum Gasteiger partial charge on any atom is -0.497 e. The largest absolute Gasteiger partial charge is 0.497 e. The van der Waals surface area contributed by atoms with E-state index in [0.29, 0.717) is 17.3 Å². The van der Waals surface area contributed by atoms with Crippen molar-refractivity contribution in [1.29, 1.82) is 0 Å². The Morgan fingerprint density at radius 2 is 1.44 bits per heavy atom. The lowest BCUT2D eigenvalue weighted by Crippen LogP contribution is -1.96. The Hall–Kier alpha value is -2.70. The first-order chi connectivity index (χ1) is 18.9. The number of aromatic nitrogens is 1. The molecule has 0 radical (unpaired) electrons. The van der Waals surface area contributed by atoms with Gasteiger partial charge in [-0.15, -0.1) is 11.8 Å². The van der Waals surface area contributed by atoms with Crippen LogP contribution in [0.25, 0.3) is 0 Å². The van der Waals surface area contributed by atoms with Crippen LogP contribution >= 0.6 is 23.4 Å². The number of ether oxygens (including phenoxy) is 2. The van der Waals surface area contributed by atoms with Crippen LogP contribution in [-0.2, 0) is 4.79 Å². The van der Waals surface area contributed by atoms with Gasteiger partial charge < -0.3 is 14.8 Å². The maximum Gasteiger partial charge on any atom is 0.211 e. The van der Waals surface area contributed by atoms with Crippen LogP contribution in [0, 0.1) is 13.8 Å². The van der Waals surface area contributed by atoms with Crippen LogP contribution in [0.15, 0.2) is 65.7 Å². The Kier molecular flexibility index (Phi) is 37.1. The van der Waals surface area contributed by atoms with Crippen LogP contribution in [0.5, 0.6) is 11.5 Å². The summed E-state index contributed by atoms with van der Waals surface area (Å²) in [5.41, 5.74) is 2.59. The van der Waals surface area contributed by atoms with Gasteiger partial charge in [0.2, 0.25) is 6.41 Å². The van der Waals surface area contributed by atoms with Crippen LogP contribution in [0.1, 0.15) is 72.9 Å². The predicted molar refractivity (Wildman–Crippen MR) is 176 cm³/mol. The molecule has 0 atom stereocenters. The van der Waals surface area contributed by atoms with Gasteiger partial charge >= 0.3 is 0 Å². The fourth-order valence-electron chi connectivity index (χ4n) is 2.25. The van der Waals surface area contributed by atoms with Gasteiger partial charge in [0.25, 0.3) is 0 Å². The molecule has 222 valence electrons. The number of methoxy groups -OCH3 is 2. The van der Waals surface area contributed by atoms with Crippen LogP contribution in [0.4, 0.5) is 5.69 Å². The zero-order valence-corrected chi connectivity index (χ0v) is 28.1. The molecule has 1 heterocycles. The van der Waals surface area contributed by atoms with Gasteiger partial charge in [-0.05, 0) is 67.6 Å². The van der Waals surface area contributed by atoms with E-state index in [2.05, 4.69) is 42.5 Å². The number of benzene rings is 2. The molecule has 0 aliphatic carbocycles. The van der Waals surface area contributed by atoms with Gasteiger partial charge in [-0.3, -0.25) is 4.79 Å². The van der Waals surface area contributed by atoms with E-state index < -0.39 is 0 Å². The minimum atomic E-state index is 0.308. The minimum absolute atomic E-state index is 0.308. The molecule has 1 aromatic heterocycles. The normalized spacial score (nSPS) is 8.05. The smallest absolute Gasteiger partial charge is 0.211 e. The molecule has 7 heteroatoms. The molecule has 0 aliphatic rings. The molecular formula is C32H53ClN2O3S. The Labute approximate surface area is 249 Å². The summed E-state index contributed by atoms with van der Waals surface area (Å²) >= 11 is 7.41. The number of halogens is 1. The summed E-state index contributed by atoms with van der Waals surface area (Å²) in [7, 11) is 3.32. The summed E-state index contributed by atoms with van der Waals surface area (Å²) in [6, 6.07) is 17.8. The van der Waals surface area contributed by atoms with Crippen molar-refractivity contribution in [3.05, 3.63) is 77.1 Å². The molecule has 1 N–H and O–H groups in total. The molecular weight excluding hydrogens is 528 g/mol. The second kappa shape index (κ2) is 33.3. The molecule has 0 unspecified atom stereocenters. The summed E-state index contributed by atoms with van der Waals surface area (Å²) in [6.45, 7) is 20.1. The zero-order chi connectivity index (χ0) is 31.1. The van der Waals surface area contributed by atoms with Crippen LogP contribution < -0.4 is 14.8 Å². The third-order valence-corrected chi connectivity index (χ3v) is 4.82. The molecule has 0 bridgehead atoms. The van der Waals surface area contributed by atoms with Gasteiger partial charge in [-0.2, -0.15) is 0 Å². The quantitative estimate of drug-likeness (QED) is 0.185. The highest BCUT2D eigenvalue weighted by atomic mass is 35.5. The van der Waals surface area contributed by atoms with Crippen molar-refractivity contribution in [2.45, 2.75) is 80.6 Å². The molecule has 39 heavy (non-hydrogen) atoms. The number of hydrogen-bond donors (Lipinski definition) is 1. The van der Waals surface area contributed by atoms with E-state index >= 15 is 0 Å². The highest BCUT2D eigenvalue weighted by Gasteiger charge is 1.99. The Morgan fingerprint density at radius 1 is 0.897 bits per heavy atom. The van der Waals surface area contributed by atoms with Crippen LogP contribution in [-0.4, -0.2) is 31.9 Å². The number of nitrogens with zero attached hydrogens (tertiary/aromatic N) is 1. The van der Waals surface area contributed by atoms with Crippen molar-refractivity contribution in [2.75, 3.05) is 25.8 Å². The first-order valence-corrected chi connectivity index (χ1v) is 15.1. The number of carbonyl (C=O) groups is 1. The first kappa shape index (κ1) is 43.4. The van der Waals surface area contributed by atoms with Gasteiger partial charge in [0.1, 0.15) is 11.5 Å². The molecule has 3 rings (SSSR count). The van der Waals surface area contributed by atoms with E-state index in [1.165, 1.54) is 11.3 Å². The summed E-state index contributed by atoms with van der Waals surface area (Å²) in [5.74, 6) is 1.76. The Balaban J connectivity index is -0.000000207. The molecule has 0 saturated carbocycles. The topological polar surface area (TPSA) is 60.5 Å². The van der Waals surface area contributed by atoms with Crippen molar-refractivity contribution in [3.8, 4) is 11.5 Å². The van der Waals surface area contributed by atoms with E-state index in [4.69, 9.17) is 21.1 Å². The van der Waals surface area contributed by atoms with Gasteiger partial charge in [0.15, 0.2) is 5.15 Å². The fourth-order valence-corrected chi connectivity index (χ4v) is 2.84. The van der Waals surface area contributed by atoms with Gasteiger partial charge in [-0.25, -0.2) is 4.98 Å². The highest BCUT2D eigenvalue weighted by Crippen LogP contribution is 2.22. The molecule has 0 saturated heterocycles. The average Bonchev–Trinajstić information content (AvgIpc) is 2.99. The van der Waals surface area contributed by atoms with Crippen LogP contribution in [0.3, 0.4) is 0 Å². The van der Waals surface area contributed by atoms with Crippen molar-refractivity contribution in [1.82, 2.24) is 4.98 Å². The Morgan fingerprint density at radius 3 is 1.82 bits per heavy atom. The lowest BCUT2D eigenvalue weighted by atomic mass is 10.2. The second-order valence-electron chi connectivity index (χ2n) is 6.67. The van der Waals surface area contributed by atoms with Crippen molar-refractivity contribution in [3.63, 3.8) is 0 Å². The SMILES string of the molecule is CC.CC.CC.CCC.COc1ccc(OC)c(C)c1.CSc1ccccc1.Cc1cnc(Cl)c(NC=O)c1. The summed E-state index contributed by atoms with van der Waals surface area (Å²) in [5, 5.41) is 2.75. The van der Waals surface area contributed by atoms with E-state index in [1.807, 2.05) is 91.8 Å². The molecule has 2 aromatic carbocycles. The number of nitrogens with one attached hydrogen (secondary N) is 1. The number of hydrogen-bond acceptors (Lipinski definition) is 5. The third kappa shape index (κ3) is 24.1.